The molecule has 0 fully saturated rings. The van der Waals surface area contributed by atoms with Crippen LogP contribution >= 0.6 is 0 Å². The summed E-state index contributed by atoms with van der Waals surface area (Å²) in [5.41, 5.74) is 2.52. The summed E-state index contributed by atoms with van der Waals surface area (Å²) in [5.74, 6) is 1.85. The normalized spacial score (nSPS) is 13.6. The van der Waals surface area contributed by atoms with Gasteiger partial charge in [-0.3, -0.25) is 14.5 Å². The highest BCUT2D eigenvalue weighted by Gasteiger charge is 2.22. The van der Waals surface area contributed by atoms with E-state index < -0.39 is 0 Å². The van der Waals surface area contributed by atoms with Crippen molar-refractivity contribution in [3.8, 4) is 0 Å². The van der Waals surface area contributed by atoms with Crippen LogP contribution in [0.25, 0.3) is 0 Å². The van der Waals surface area contributed by atoms with E-state index in [0.29, 0.717) is 19.5 Å². The van der Waals surface area contributed by atoms with Gasteiger partial charge in [0.25, 0.3) is 0 Å². The molecule has 0 spiro atoms. The number of aliphatic imine (C=N–C) groups is 1. The summed E-state index contributed by atoms with van der Waals surface area (Å²) in [6.45, 7) is 2.76. The average Bonchev–Trinajstić information content (AvgIpc) is 3.27. The fourth-order valence-corrected chi connectivity index (χ4v) is 3.24. The number of aryl methyl sites for hydroxylation is 1. The zero-order valence-corrected chi connectivity index (χ0v) is 16.2. The number of hydrogen-bond acceptors (Lipinski definition) is 4. The third-order valence-electron chi connectivity index (χ3n) is 4.80. The molecule has 0 saturated heterocycles. The van der Waals surface area contributed by atoms with Crippen LogP contribution in [0.15, 0.2) is 35.6 Å². The van der Waals surface area contributed by atoms with Crippen molar-refractivity contribution in [1.82, 2.24) is 29.9 Å². The molecule has 1 aromatic heterocycles. The van der Waals surface area contributed by atoms with Crippen LogP contribution in [0.3, 0.4) is 0 Å². The number of guanidine groups is 1. The maximum atomic E-state index is 12.5. The van der Waals surface area contributed by atoms with E-state index >= 15 is 0 Å². The van der Waals surface area contributed by atoms with E-state index in [1.165, 1.54) is 11.1 Å². The Morgan fingerprint density at radius 3 is 2.59 bits per heavy atom. The molecule has 2 heterocycles. The molecule has 8 nitrogen and oxygen atoms in total. The monoisotopic (exact) mass is 369 g/mol. The van der Waals surface area contributed by atoms with Crippen molar-refractivity contribution in [3.05, 3.63) is 47.5 Å². The minimum Gasteiger partial charge on any atom is -0.356 e. The van der Waals surface area contributed by atoms with Gasteiger partial charge in [-0.05, 0) is 17.5 Å². The minimum atomic E-state index is 0.204. The second kappa shape index (κ2) is 8.66. The number of benzene rings is 1. The molecule has 1 N–H and O–H groups in total. The molecule has 1 aromatic carbocycles. The topological polar surface area (TPSA) is 78.7 Å². The standard InChI is InChI=1S/C19H27N7O/c1-20-19(24(2)13-17-22-14-23-25(17)3)21-10-6-9-18(27)26-11-15-7-4-5-8-16(15)12-26/h4-5,7-8,14H,6,9-13H2,1-3H3,(H,20,21). The van der Waals surface area contributed by atoms with Gasteiger partial charge in [0.2, 0.25) is 5.91 Å². The molecule has 0 atom stereocenters. The Labute approximate surface area is 159 Å². The molecular formula is C19H27N7O. The van der Waals surface area contributed by atoms with E-state index in [1.807, 2.05) is 36.0 Å². The smallest absolute Gasteiger partial charge is 0.223 e. The summed E-state index contributed by atoms with van der Waals surface area (Å²) in [4.78, 5) is 24.9. The van der Waals surface area contributed by atoms with Crippen molar-refractivity contribution in [2.45, 2.75) is 32.5 Å². The first-order valence-corrected chi connectivity index (χ1v) is 9.17. The summed E-state index contributed by atoms with van der Waals surface area (Å²) in [5, 5.41) is 7.39. The van der Waals surface area contributed by atoms with E-state index in [-0.39, 0.29) is 5.91 Å². The Hall–Kier alpha value is -2.90. The van der Waals surface area contributed by atoms with E-state index in [1.54, 1.807) is 18.1 Å². The first kappa shape index (κ1) is 18.9. The first-order chi connectivity index (χ1) is 13.1. The van der Waals surface area contributed by atoms with Crippen molar-refractivity contribution in [2.24, 2.45) is 12.0 Å². The number of amides is 1. The zero-order valence-electron chi connectivity index (χ0n) is 16.2. The van der Waals surface area contributed by atoms with Gasteiger partial charge in [0.15, 0.2) is 5.96 Å². The molecule has 1 amide bonds. The summed E-state index contributed by atoms with van der Waals surface area (Å²) in [6.07, 6.45) is 2.84. The maximum Gasteiger partial charge on any atom is 0.223 e. The molecule has 144 valence electrons. The second-order valence-electron chi connectivity index (χ2n) is 6.75. The van der Waals surface area contributed by atoms with Crippen molar-refractivity contribution in [3.63, 3.8) is 0 Å². The lowest BCUT2D eigenvalue weighted by molar-refractivity contribution is -0.131. The summed E-state index contributed by atoms with van der Waals surface area (Å²) in [6, 6.07) is 8.25. The van der Waals surface area contributed by atoms with Gasteiger partial charge in [0, 0.05) is 47.2 Å². The Kier molecular flexibility index (Phi) is 6.05. The van der Waals surface area contributed by atoms with E-state index in [9.17, 15) is 4.79 Å². The molecule has 0 saturated carbocycles. The van der Waals surface area contributed by atoms with Crippen molar-refractivity contribution in [1.29, 1.82) is 0 Å². The number of fused-ring (bicyclic) bond motifs is 1. The van der Waals surface area contributed by atoms with Crippen LogP contribution in [0.2, 0.25) is 0 Å². The van der Waals surface area contributed by atoms with Gasteiger partial charge in [-0.1, -0.05) is 24.3 Å². The van der Waals surface area contributed by atoms with Gasteiger partial charge < -0.3 is 15.1 Å². The van der Waals surface area contributed by atoms with Crippen LogP contribution in [-0.4, -0.2) is 57.1 Å². The number of carbonyl (C=O) groups is 1. The third-order valence-corrected chi connectivity index (χ3v) is 4.80. The molecule has 3 rings (SSSR count). The largest absolute Gasteiger partial charge is 0.356 e. The van der Waals surface area contributed by atoms with Gasteiger partial charge in [-0.2, -0.15) is 5.10 Å². The highest BCUT2D eigenvalue weighted by molar-refractivity contribution is 5.80. The van der Waals surface area contributed by atoms with Crippen LogP contribution in [0, 0.1) is 0 Å². The molecule has 2 aromatic rings. The highest BCUT2D eigenvalue weighted by atomic mass is 16.2. The fraction of sp³-hybridized carbons (Fsp3) is 0.474. The lowest BCUT2D eigenvalue weighted by atomic mass is 10.1. The molecular weight excluding hydrogens is 342 g/mol. The number of hydrogen-bond donors (Lipinski definition) is 1. The maximum absolute atomic E-state index is 12.5. The molecule has 0 radical (unpaired) electrons. The fourth-order valence-electron chi connectivity index (χ4n) is 3.24. The van der Waals surface area contributed by atoms with Crippen molar-refractivity contribution >= 4 is 11.9 Å². The predicted octanol–water partition coefficient (Wildman–Crippen LogP) is 1.14. The Bertz CT molecular complexity index is 789. The summed E-state index contributed by atoms with van der Waals surface area (Å²) >= 11 is 0. The van der Waals surface area contributed by atoms with Crippen molar-refractivity contribution in [2.75, 3.05) is 20.6 Å². The molecule has 8 heteroatoms. The summed E-state index contributed by atoms with van der Waals surface area (Å²) in [7, 11) is 5.58. The second-order valence-corrected chi connectivity index (χ2v) is 6.75. The van der Waals surface area contributed by atoms with Crippen LogP contribution in [0.5, 0.6) is 0 Å². The Balaban J connectivity index is 1.40. The minimum absolute atomic E-state index is 0.204. The van der Waals surface area contributed by atoms with Gasteiger partial charge in [0.05, 0.1) is 6.54 Å². The quantitative estimate of drug-likeness (QED) is 0.469. The van der Waals surface area contributed by atoms with E-state index in [0.717, 1.165) is 31.3 Å². The number of nitrogens with zero attached hydrogens (tertiary/aromatic N) is 6. The molecule has 1 aliphatic heterocycles. The van der Waals surface area contributed by atoms with Crippen LogP contribution in [-0.2, 0) is 31.5 Å². The Morgan fingerprint density at radius 1 is 1.30 bits per heavy atom. The van der Waals surface area contributed by atoms with Crippen LogP contribution in [0.1, 0.15) is 29.8 Å². The molecule has 0 unspecified atom stereocenters. The van der Waals surface area contributed by atoms with Gasteiger partial charge in [-0.25, -0.2) is 4.98 Å². The van der Waals surface area contributed by atoms with Crippen LogP contribution < -0.4 is 5.32 Å². The molecule has 0 bridgehead atoms. The number of carbonyl (C=O) groups excluding carboxylic acids is 1. The van der Waals surface area contributed by atoms with Gasteiger partial charge in [0.1, 0.15) is 12.2 Å². The zero-order chi connectivity index (χ0) is 19.2. The molecule has 27 heavy (non-hydrogen) atoms. The van der Waals surface area contributed by atoms with Gasteiger partial charge in [-0.15, -0.1) is 0 Å². The van der Waals surface area contributed by atoms with Crippen LogP contribution in [0.4, 0.5) is 0 Å². The molecule has 1 aliphatic rings. The first-order valence-electron chi connectivity index (χ1n) is 9.17. The van der Waals surface area contributed by atoms with E-state index in [2.05, 4.69) is 32.5 Å². The van der Waals surface area contributed by atoms with Gasteiger partial charge >= 0.3 is 0 Å². The van der Waals surface area contributed by atoms with E-state index in [4.69, 9.17) is 0 Å². The molecule has 0 aliphatic carbocycles. The lowest BCUT2D eigenvalue weighted by Crippen LogP contribution is -2.39. The number of nitrogens with one attached hydrogen (secondary N) is 1. The highest BCUT2D eigenvalue weighted by Crippen LogP contribution is 2.22. The Morgan fingerprint density at radius 2 is 2.00 bits per heavy atom. The summed E-state index contributed by atoms with van der Waals surface area (Å²) < 4.78 is 1.75. The predicted molar refractivity (Wildman–Crippen MR) is 104 cm³/mol. The SMILES string of the molecule is CN=C(NCCCC(=O)N1Cc2ccccc2C1)N(C)Cc1ncnn1C. The number of rotatable bonds is 6. The third kappa shape index (κ3) is 4.64. The average molecular weight is 369 g/mol. The van der Waals surface area contributed by atoms with Crippen molar-refractivity contribution < 1.29 is 4.79 Å². The number of aromatic nitrogens is 3. The lowest BCUT2D eigenvalue weighted by Gasteiger charge is -2.21.